The molecule has 0 aromatic carbocycles. The summed E-state index contributed by atoms with van der Waals surface area (Å²) in [6.45, 7) is 3.57. The van der Waals surface area contributed by atoms with Gasteiger partial charge in [-0.1, -0.05) is 12.5 Å². The van der Waals surface area contributed by atoms with Gasteiger partial charge in [-0.3, -0.25) is 4.79 Å². The molecule has 3 nitrogen and oxygen atoms in total. The van der Waals surface area contributed by atoms with Crippen LogP contribution in [0.25, 0.3) is 0 Å². The number of allylic oxidation sites excluding steroid dienone is 1. The molecule has 82 valence electrons. The minimum Gasteiger partial charge on any atom is -0.347 e. The number of hydrogen-bond donors (Lipinski definition) is 0. The first-order valence-electron chi connectivity index (χ1n) is 5.64. The summed E-state index contributed by atoms with van der Waals surface area (Å²) < 4.78 is 11.4. The first-order valence-corrected chi connectivity index (χ1v) is 5.64. The van der Waals surface area contributed by atoms with Gasteiger partial charge in [-0.2, -0.15) is 0 Å². The van der Waals surface area contributed by atoms with Crippen molar-refractivity contribution in [3.05, 3.63) is 11.6 Å². The van der Waals surface area contributed by atoms with Crippen molar-refractivity contribution in [1.82, 2.24) is 0 Å². The van der Waals surface area contributed by atoms with Crippen LogP contribution in [0.4, 0.5) is 0 Å². The average molecular weight is 208 g/mol. The fraction of sp³-hybridized carbons (Fsp3) is 0.750. The quantitative estimate of drug-likeness (QED) is 0.609. The average Bonchev–Trinajstić information content (AvgIpc) is 2.72. The molecule has 0 aromatic rings. The summed E-state index contributed by atoms with van der Waals surface area (Å²) in [6.07, 6.45) is 5.21. The molecule has 1 aliphatic heterocycles. The Kier molecular flexibility index (Phi) is 1.86. The zero-order chi connectivity index (χ0) is 10.5. The van der Waals surface area contributed by atoms with Crippen molar-refractivity contribution in [3.8, 4) is 0 Å². The number of ether oxygens (including phenoxy) is 2. The van der Waals surface area contributed by atoms with Gasteiger partial charge >= 0.3 is 0 Å². The summed E-state index contributed by atoms with van der Waals surface area (Å²) in [5.41, 5.74) is 1.33. The predicted molar refractivity (Wildman–Crippen MR) is 54.3 cm³/mol. The minimum absolute atomic E-state index is 0.0949. The monoisotopic (exact) mass is 208 g/mol. The van der Waals surface area contributed by atoms with Gasteiger partial charge in [0.05, 0.1) is 13.2 Å². The van der Waals surface area contributed by atoms with Crippen LogP contribution in [0, 0.1) is 5.41 Å². The fourth-order valence-electron chi connectivity index (χ4n) is 3.02. The molecule has 0 N–H and O–H groups in total. The van der Waals surface area contributed by atoms with E-state index in [4.69, 9.17) is 9.47 Å². The fourth-order valence-corrected chi connectivity index (χ4v) is 3.02. The molecule has 1 spiro atoms. The van der Waals surface area contributed by atoms with Crippen molar-refractivity contribution in [2.45, 2.75) is 38.4 Å². The van der Waals surface area contributed by atoms with Gasteiger partial charge < -0.3 is 9.47 Å². The number of hydrogen-bond acceptors (Lipinski definition) is 3. The van der Waals surface area contributed by atoms with Crippen molar-refractivity contribution < 1.29 is 14.3 Å². The Balaban J connectivity index is 1.88. The normalized spacial score (nSPS) is 38.2. The maximum absolute atomic E-state index is 11.5. The number of carbonyl (C=O) groups excluding carboxylic acids is 1. The number of ketones is 1. The van der Waals surface area contributed by atoms with E-state index in [0.717, 1.165) is 19.3 Å². The zero-order valence-corrected chi connectivity index (χ0v) is 9.04. The smallest absolute Gasteiger partial charge is 0.172 e. The van der Waals surface area contributed by atoms with E-state index < -0.39 is 5.79 Å². The highest BCUT2D eigenvalue weighted by Gasteiger charge is 2.49. The molecule has 1 unspecified atom stereocenters. The summed E-state index contributed by atoms with van der Waals surface area (Å²) >= 11 is 0. The van der Waals surface area contributed by atoms with Crippen molar-refractivity contribution in [1.29, 1.82) is 0 Å². The van der Waals surface area contributed by atoms with E-state index in [0.29, 0.717) is 19.6 Å². The highest BCUT2D eigenvalue weighted by molar-refractivity contribution is 5.94. The Bertz CT molecular complexity index is 339. The molecule has 3 aliphatic rings. The Morgan fingerprint density at radius 3 is 2.67 bits per heavy atom. The largest absolute Gasteiger partial charge is 0.347 e. The topological polar surface area (TPSA) is 35.5 Å². The van der Waals surface area contributed by atoms with E-state index in [9.17, 15) is 4.79 Å². The molecule has 0 bridgehead atoms. The van der Waals surface area contributed by atoms with Crippen molar-refractivity contribution in [3.63, 3.8) is 0 Å². The standard InChI is InChI=1S/C12H16O3/c1-11-2-3-12(14-4-5-15-12)7-9(11)6-10(13)8-11/h6H,2-5,7-8H2,1H3. The van der Waals surface area contributed by atoms with Gasteiger partial charge in [-0.15, -0.1) is 0 Å². The lowest BCUT2D eigenvalue weighted by molar-refractivity contribution is -0.176. The van der Waals surface area contributed by atoms with E-state index >= 15 is 0 Å². The molecular weight excluding hydrogens is 192 g/mol. The third-order valence-corrected chi connectivity index (χ3v) is 4.01. The highest BCUT2D eigenvalue weighted by atomic mass is 16.7. The maximum Gasteiger partial charge on any atom is 0.172 e. The molecule has 2 fully saturated rings. The molecule has 1 saturated heterocycles. The van der Waals surface area contributed by atoms with Crippen LogP contribution >= 0.6 is 0 Å². The second-order valence-corrected chi connectivity index (χ2v) is 5.16. The lowest BCUT2D eigenvalue weighted by atomic mass is 9.70. The van der Waals surface area contributed by atoms with E-state index in [1.54, 1.807) is 0 Å². The molecule has 3 heteroatoms. The van der Waals surface area contributed by atoms with Gasteiger partial charge in [-0.05, 0) is 17.9 Å². The van der Waals surface area contributed by atoms with Crippen LogP contribution in [0.2, 0.25) is 0 Å². The van der Waals surface area contributed by atoms with E-state index in [1.807, 2.05) is 6.08 Å². The van der Waals surface area contributed by atoms with Crippen LogP contribution < -0.4 is 0 Å². The van der Waals surface area contributed by atoms with Crippen LogP contribution in [0.3, 0.4) is 0 Å². The lowest BCUT2D eigenvalue weighted by Gasteiger charge is -2.41. The van der Waals surface area contributed by atoms with Crippen LogP contribution in [-0.2, 0) is 14.3 Å². The number of rotatable bonds is 0. The van der Waals surface area contributed by atoms with Gasteiger partial charge in [0.25, 0.3) is 0 Å². The molecule has 1 heterocycles. The first-order chi connectivity index (χ1) is 7.12. The Morgan fingerprint density at radius 2 is 1.93 bits per heavy atom. The Labute approximate surface area is 89.4 Å². The van der Waals surface area contributed by atoms with Gasteiger partial charge in [0.1, 0.15) is 0 Å². The van der Waals surface area contributed by atoms with Crippen molar-refractivity contribution >= 4 is 5.78 Å². The molecule has 0 amide bonds. The van der Waals surface area contributed by atoms with Gasteiger partial charge in [0.2, 0.25) is 0 Å². The van der Waals surface area contributed by atoms with E-state index in [2.05, 4.69) is 6.92 Å². The summed E-state index contributed by atoms with van der Waals surface area (Å²) in [4.78, 5) is 11.5. The number of fused-ring (bicyclic) bond motifs is 1. The second kappa shape index (κ2) is 2.92. The van der Waals surface area contributed by atoms with Crippen molar-refractivity contribution in [2.75, 3.05) is 13.2 Å². The molecule has 0 radical (unpaired) electrons. The SMILES string of the molecule is CC12CCC3(CC1=CC(=O)C2)OCCO3. The van der Waals surface area contributed by atoms with Crippen LogP contribution in [0.15, 0.2) is 11.6 Å². The van der Waals surface area contributed by atoms with E-state index in [-0.39, 0.29) is 11.2 Å². The third kappa shape index (κ3) is 1.37. The third-order valence-electron chi connectivity index (χ3n) is 4.01. The summed E-state index contributed by atoms with van der Waals surface area (Å²) in [5, 5.41) is 0. The molecule has 1 saturated carbocycles. The highest BCUT2D eigenvalue weighted by Crippen LogP contribution is 2.52. The van der Waals surface area contributed by atoms with Crippen molar-refractivity contribution in [2.24, 2.45) is 5.41 Å². The maximum atomic E-state index is 11.5. The Hall–Kier alpha value is -0.670. The van der Waals surface area contributed by atoms with Gasteiger partial charge in [0.15, 0.2) is 11.6 Å². The van der Waals surface area contributed by atoms with Crippen LogP contribution in [0.1, 0.15) is 32.6 Å². The van der Waals surface area contributed by atoms with Gasteiger partial charge in [-0.25, -0.2) is 0 Å². The van der Waals surface area contributed by atoms with Crippen LogP contribution in [-0.4, -0.2) is 24.8 Å². The molecule has 15 heavy (non-hydrogen) atoms. The summed E-state index contributed by atoms with van der Waals surface area (Å²) in [5.74, 6) is -0.127. The lowest BCUT2D eigenvalue weighted by Crippen LogP contribution is -2.39. The second-order valence-electron chi connectivity index (χ2n) is 5.16. The first kappa shape index (κ1) is 9.55. The zero-order valence-electron chi connectivity index (χ0n) is 9.04. The summed E-state index contributed by atoms with van der Waals surface area (Å²) in [7, 11) is 0. The molecular formula is C12H16O3. The van der Waals surface area contributed by atoms with Crippen LogP contribution in [0.5, 0.6) is 0 Å². The Morgan fingerprint density at radius 1 is 1.20 bits per heavy atom. The summed E-state index contributed by atoms with van der Waals surface area (Å²) in [6, 6.07) is 0. The molecule has 0 aromatic heterocycles. The molecule has 1 atom stereocenters. The predicted octanol–water partition coefficient (Wildman–Crippen LogP) is 1.82. The molecule has 2 aliphatic carbocycles. The molecule has 3 rings (SSSR count). The minimum atomic E-state index is -0.393. The van der Waals surface area contributed by atoms with Gasteiger partial charge in [0, 0.05) is 19.3 Å². The number of carbonyl (C=O) groups is 1. The van der Waals surface area contributed by atoms with E-state index in [1.165, 1.54) is 5.57 Å².